The topological polar surface area (TPSA) is 61.0 Å². The van der Waals surface area contributed by atoms with Crippen LogP contribution >= 0.6 is 12.4 Å². The minimum atomic E-state index is 0. The molecule has 0 aliphatic carbocycles. The number of carbonyl (C=O) groups excluding carboxylic acids is 1. The lowest BCUT2D eigenvalue weighted by atomic mass is 9.89. The molecule has 1 amide bonds. The van der Waals surface area contributed by atoms with Crippen LogP contribution in [0.2, 0.25) is 0 Å². The minimum absolute atomic E-state index is 0. The maximum Gasteiger partial charge on any atom is 0.227 e. The van der Waals surface area contributed by atoms with Crippen molar-refractivity contribution < 1.29 is 4.79 Å². The van der Waals surface area contributed by atoms with E-state index in [1.54, 1.807) is 0 Å². The number of aromatic nitrogens is 2. The first-order valence-electron chi connectivity index (χ1n) is 8.58. The van der Waals surface area contributed by atoms with Crippen LogP contribution in [-0.4, -0.2) is 22.6 Å². The number of anilines is 1. The predicted octanol–water partition coefficient (Wildman–Crippen LogP) is 3.55. The smallest absolute Gasteiger partial charge is 0.227 e. The van der Waals surface area contributed by atoms with Crippen molar-refractivity contribution in [3.8, 4) is 0 Å². The molecule has 2 aromatic rings. The second-order valence-electron chi connectivity index (χ2n) is 7.44. The summed E-state index contributed by atoms with van der Waals surface area (Å²) in [5.41, 5.74) is 4.68. The van der Waals surface area contributed by atoms with Gasteiger partial charge in [-0.05, 0) is 24.1 Å². The zero-order chi connectivity index (χ0) is 17.2. The summed E-state index contributed by atoms with van der Waals surface area (Å²) in [7, 11) is 0. The van der Waals surface area contributed by atoms with Gasteiger partial charge in [0.15, 0.2) is 0 Å². The standard InChI is InChI=1S/C19H26N4O.ClH/c1-19(2,3)18-15(13-21-22-18)12-20-11-14-6-8-16(9-7-14)23-10-4-5-17(23)24;/h6-9,13,20H,4-5,10-12H2,1-3H3,(H,21,22);1H. The van der Waals surface area contributed by atoms with E-state index in [4.69, 9.17) is 0 Å². The normalized spacial score (nSPS) is 14.7. The van der Waals surface area contributed by atoms with E-state index in [0.717, 1.165) is 31.7 Å². The summed E-state index contributed by atoms with van der Waals surface area (Å²) in [5, 5.41) is 10.8. The van der Waals surface area contributed by atoms with Gasteiger partial charge in [-0.15, -0.1) is 12.4 Å². The van der Waals surface area contributed by atoms with E-state index in [1.165, 1.54) is 16.8 Å². The highest BCUT2D eigenvalue weighted by Crippen LogP contribution is 2.24. The van der Waals surface area contributed by atoms with Crippen molar-refractivity contribution in [3.05, 3.63) is 47.3 Å². The van der Waals surface area contributed by atoms with Gasteiger partial charge in [0.25, 0.3) is 0 Å². The number of nitrogens with zero attached hydrogens (tertiary/aromatic N) is 2. The summed E-state index contributed by atoms with van der Waals surface area (Å²) in [4.78, 5) is 13.7. The number of benzene rings is 1. The van der Waals surface area contributed by atoms with Crippen LogP contribution in [0, 0.1) is 0 Å². The van der Waals surface area contributed by atoms with Crippen molar-refractivity contribution >= 4 is 24.0 Å². The van der Waals surface area contributed by atoms with Gasteiger partial charge in [0.1, 0.15) is 0 Å². The maximum absolute atomic E-state index is 11.8. The molecule has 2 heterocycles. The minimum Gasteiger partial charge on any atom is -0.312 e. The molecule has 1 aliphatic heterocycles. The van der Waals surface area contributed by atoms with E-state index in [9.17, 15) is 4.79 Å². The van der Waals surface area contributed by atoms with E-state index in [-0.39, 0.29) is 23.7 Å². The quantitative estimate of drug-likeness (QED) is 0.855. The second kappa shape index (κ2) is 8.02. The monoisotopic (exact) mass is 362 g/mol. The van der Waals surface area contributed by atoms with Crippen molar-refractivity contribution in [1.29, 1.82) is 0 Å². The summed E-state index contributed by atoms with van der Waals surface area (Å²) in [5.74, 6) is 0.232. The van der Waals surface area contributed by atoms with Gasteiger partial charge in [-0.1, -0.05) is 32.9 Å². The first-order chi connectivity index (χ1) is 11.4. The van der Waals surface area contributed by atoms with Crippen LogP contribution in [0.15, 0.2) is 30.5 Å². The summed E-state index contributed by atoms with van der Waals surface area (Å²) < 4.78 is 0. The number of hydrogen-bond donors (Lipinski definition) is 2. The van der Waals surface area contributed by atoms with Crippen molar-refractivity contribution in [2.45, 2.75) is 52.1 Å². The SMILES string of the molecule is CC(C)(C)c1[nH]ncc1CNCc1ccc(N2CCCC2=O)cc1.Cl. The van der Waals surface area contributed by atoms with Crippen LogP contribution in [0.3, 0.4) is 0 Å². The molecule has 1 aromatic heterocycles. The molecule has 5 nitrogen and oxygen atoms in total. The van der Waals surface area contributed by atoms with Crippen molar-refractivity contribution in [3.63, 3.8) is 0 Å². The van der Waals surface area contributed by atoms with Crippen LogP contribution in [0.25, 0.3) is 0 Å². The highest BCUT2D eigenvalue weighted by atomic mass is 35.5. The summed E-state index contributed by atoms with van der Waals surface area (Å²) in [6.07, 6.45) is 3.53. The number of nitrogens with one attached hydrogen (secondary N) is 2. The Labute approximate surface area is 155 Å². The predicted molar refractivity (Wildman–Crippen MR) is 103 cm³/mol. The van der Waals surface area contributed by atoms with Gasteiger partial charge >= 0.3 is 0 Å². The molecule has 0 radical (unpaired) electrons. The van der Waals surface area contributed by atoms with Gasteiger partial charge in [0.05, 0.1) is 6.20 Å². The Morgan fingerprint density at radius 2 is 1.92 bits per heavy atom. The average Bonchev–Trinajstić information content (AvgIpc) is 3.16. The van der Waals surface area contributed by atoms with E-state index in [0.29, 0.717) is 6.42 Å². The van der Waals surface area contributed by atoms with Crippen LogP contribution in [0.1, 0.15) is 50.4 Å². The second-order valence-corrected chi connectivity index (χ2v) is 7.44. The van der Waals surface area contributed by atoms with Gasteiger partial charge in [-0.2, -0.15) is 5.10 Å². The lowest BCUT2D eigenvalue weighted by Crippen LogP contribution is -2.23. The number of rotatable bonds is 5. The molecule has 1 aliphatic rings. The number of amides is 1. The Morgan fingerprint density at radius 1 is 1.20 bits per heavy atom. The molecule has 25 heavy (non-hydrogen) atoms. The number of hydrogen-bond acceptors (Lipinski definition) is 3. The molecule has 3 rings (SSSR count). The van der Waals surface area contributed by atoms with Crippen LogP contribution < -0.4 is 10.2 Å². The van der Waals surface area contributed by atoms with E-state index in [1.807, 2.05) is 23.2 Å². The molecule has 0 atom stereocenters. The lowest BCUT2D eigenvalue weighted by Gasteiger charge is -2.18. The first-order valence-corrected chi connectivity index (χ1v) is 8.58. The third-order valence-electron chi connectivity index (χ3n) is 4.43. The first kappa shape index (κ1) is 19.5. The molecule has 1 saturated heterocycles. The highest BCUT2D eigenvalue weighted by Gasteiger charge is 2.21. The molecule has 0 spiro atoms. The van der Waals surface area contributed by atoms with Crippen molar-refractivity contribution in [2.24, 2.45) is 0 Å². The van der Waals surface area contributed by atoms with Crippen LogP contribution in [-0.2, 0) is 23.3 Å². The summed E-state index contributed by atoms with van der Waals surface area (Å²) >= 11 is 0. The van der Waals surface area contributed by atoms with Gasteiger partial charge in [-0.25, -0.2) is 0 Å². The summed E-state index contributed by atoms with van der Waals surface area (Å²) in [6, 6.07) is 8.26. The van der Waals surface area contributed by atoms with E-state index < -0.39 is 0 Å². The largest absolute Gasteiger partial charge is 0.312 e. The summed E-state index contributed by atoms with van der Waals surface area (Å²) in [6.45, 7) is 8.97. The number of halogens is 1. The lowest BCUT2D eigenvalue weighted by molar-refractivity contribution is -0.117. The van der Waals surface area contributed by atoms with Crippen molar-refractivity contribution in [1.82, 2.24) is 15.5 Å². The Hall–Kier alpha value is -1.85. The molecule has 1 fully saturated rings. The molecule has 0 bridgehead atoms. The fourth-order valence-corrected chi connectivity index (χ4v) is 3.15. The zero-order valence-corrected chi connectivity index (χ0v) is 15.9. The number of H-pyrrole nitrogens is 1. The third-order valence-corrected chi connectivity index (χ3v) is 4.43. The Bertz CT molecular complexity index is 703. The molecule has 0 unspecified atom stereocenters. The van der Waals surface area contributed by atoms with E-state index >= 15 is 0 Å². The van der Waals surface area contributed by atoms with E-state index in [2.05, 4.69) is 48.4 Å². The number of carbonyl (C=O) groups is 1. The average molecular weight is 363 g/mol. The zero-order valence-electron chi connectivity index (χ0n) is 15.1. The molecule has 1 aromatic carbocycles. The Morgan fingerprint density at radius 3 is 2.52 bits per heavy atom. The Kier molecular flexibility index (Phi) is 6.25. The number of aromatic amines is 1. The Balaban J connectivity index is 0.00000225. The van der Waals surface area contributed by atoms with Gasteiger partial charge in [0, 0.05) is 48.4 Å². The van der Waals surface area contributed by atoms with Gasteiger partial charge in [0.2, 0.25) is 5.91 Å². The van der Waals surface area contributed by atoms with Crippen LogP contribution in [0.5, 0.6) is 0 Å². The fourth-order valence-electron chi connectivity index (χ4n) is 3.15. The molecule has 136 valence electrons. The van der Waals surface area contributed by atoms with Gasteiger partial charge in [-0.3, -0.25) is 9.89 Å². The fraction of sp³-hybridized carbons (Fsp3) is 0.474. The molecule has 2 N–H and O–H groups in total. The van der Waals surface area contributed by atoms with Crippen LogP contribution in [0.4, 0.5) is 5.69 Å². The van der Waals surface area contributed by atoms with Gasteiger partial charge < -0.3 is 10.2 Å². The molecule has 6 heteroatoms. The molecular formula is C19H27ClN4O. The third kappa shape index (κ3) is 4.61. The molecule has 0 saturated carbocycles. The maximum atomic E-state index is 11.8. The van der Waals surface area contributed by atoms with Crippen molar-refractivity contribution in [2.75, 3.05) is 11.4 Å². The highest BCUT2D eigenvalue weighted by molar-refractivity contribution is 5.95. The molecular weight excluding hydrogens is 336 g/mol.